The average molecular weight is 515 g/mol. The second kappa shape index (κ2) is 8.11. The number of nitro groups is 1. The molecule has 162 valence electrons. The number of halogens is 2. The van der Waals surface area contributed by atoms with Crippen molar-refractivity contribution in [3.05, 3.63) is 97.0 Å². The lowest BCUT2D eigenvalue weighted by Gasteiger charge is -2.38. The van der Waals surface area contributed by atoms with Gasteiger partial charge in [-0.3, -0.25) is 10.1 Å². The van der Waals surface area contributed by atoms with Crippen molar-refractivity contribution in [2.45, 2.75) is 18.7 Å². The number of fused-ring (bicyclic) bond motifs is 3. The van der Waals surface area contributed by atoms with E-state index < -0.39 is 11.2 Å². The van der Waals surface area contributed by atoms with Gasteiger partial charge in [0, 0.05) is 28.1 Å². The van der Waals surface area contributed by atoms with Crippen LogP contribution in [0.2, 0.25) is 5.02 Å². The Kier molecular flexibility index (Phi) is 5.27. The molecule has 5 rings (SSSR count). The van der Waals surface area contributed by atoms with Gasteiger partial charge in [-0.25, -0.2) is 5.01 Å². The highest BCUT2D eigenvalue weighted by atomic mass is 79.9. The van der Waals surface area contributed by atoms with Crippen LogP contribution >= 0.6 is 27.5 Å². The third-order valence-corrected chi connectivity index (χ3v) is 6.44. The SMILES string of the molecule is COc1ccc(C2=NN3[C@@H](c4ccc(Cl)c([N+](=O)[O-])c4)Oc4ccc(Br)cc4[C@@H]3C2)cc1. The monoisotopic (exact) mass is 513 g/mol. The Morgan fingerprint density at radius 2 is 1.97 bits per heavy atom. The maximum Gasteiger partial charge on any atom is 0.288 e. The van der Waals surface area contributed by atoms with Gasteiger partial charge in [0.1, 0.15) is 16.5 Å². The molecule has 9 heteroatoms. The van der Waals surface area contributed by atoms with E-state index in [-0.39, 0.29) is 16.8 Å². The molecule has 3 aromatic carbocycles. The summed E-state index contributed by atoms with van der Waals surface area (Å²) in [5.74, 6) is 1.50. The Hall–Kier alpha value is -3.10. The minimum Gasteiger partial charge on any atom is -0.497 e. The zero-order chi connectivity index (χ0) is 22.4. The minimum absolute atomic E-state index is 0.0758. The first-order valence-corrected chi connectivity index (χ1v) is 11.0. The van der Waals surface area contributed by atoms with Crippen molar-refractivity contribution < 1.29 is 14.4 Å². The molecule has 2 heterocycles. The first-order chi connectivity index (χ1) is 15.4. The molecule has 2 aliphatic rings. The number of nitro benzene ring substituents is 1. The molecular weight excluding hydrogens is 498 g/mol. The number of hydrazone groups is 1. The summed E-state index contributed by atoms with van der Waals surface area (Å²) >= 11 is 9.57. The standard InChI is InChI=1S/C23H17BrClN3O4/c1-31-16-6-2-13(3-7-16)19-12-20-17-11-15(24)5-9-22(17)32-23(27(20)26-19)14-4-8-18(25)21(10-14)28(29)30/h2-11,20,23H,12H2,1H3/t20-,23+/m0/s1. The number of rotatable bonds is 4. The van der Waals surface area contributed by atoms with Crippen LogP contribution in [0.3, 0.4) is 0 Å². The second-order valence-corrected chi connectivity index (χ2v) is 8.82. The second-order valence-electron chi connectivity index (χ2n) is 7.50. The largest absolute Gasteiger partial charge is 0.497 e. The van der Waals surface area contributed by atoms with Gasteiger partial charge in [-0.1, -0.05) is 33.6 Å². The summed E-state index contributed by atoms with van der Waals surface area (Å²) in [5, 5.41) is 18.3. The van der Waals surface area contributed by atoms with E-state index in [1.807, 2.05) is 47.5 Å². The van der Waals surface area contributed by atoms with E-state index in [1.165, 1.54) is 12.1 Å². The lowest BCUT2D eigenvalue weighted by Crippen LogP contribution is -2.33. The molecule has 0 radical (unpaired) electrons. The summed E-state index contributed by atoms with van der Waals surface area (Å²) in [6.45, 7) is 0. The summed E-state index contributed by atoms with van der Waals surface area (Å²) in [6.07, 6.45) is 0.0473. The van der Waals surface area contributed by atoms with E-state index in [4.69, 9.17) is 26.2 Å². The lowest BCUT2D eigenvalue weighted by atomic mass is 9.96. The smallest absolute Gasteiger partial charge is 0.288 e. The van der Waals surface area contributed by atoms with Crippen molar-refractivity contribution in [1.29, 1.82) is 0 Å². The molecule has 0 N–H and O–H groups in total. The maximum atomic E-state index is 11.4. The highest BCUT2D eigenvalue weighted by molar-refractivity contribution is 9.10. The number of methoxy groups -OCH3 is 1. The highest BCUT2D eigenvalue weighted by Crippen LogP contribution is 2.48. The quantitative estimate of drug-likeness (QED) is 0.303. The predicted molar refractivity (Wildman–Crippen MR) is 124 cm³/mol. The Morgan fingerprint density at radius 3 is 2.69 bits per heavy atom. The van der Waals surface area contributed by atoms with Crippen LogP contribution in [0.15, 0.2) is 70.2 Å². The number of hydrogen-bond donors (Lipinski definition) is 0. The van der Waals surface area contributed by atoms with Crippen LogP contribution in [0.5, 0.6) is 11.5 Å². The fraction of sp³-hybridized carbons (Fsp3) is 0.174. The number of nitrogens with zero attached hydrogens (tertiary/aromatic N) is 3. The molecular formula is C23H17BrClN3O4. The van der Waals surface area contributed by atoms with Gasteiger partial charge in [-0.15, -0.1) is 0 Å². The molecule has 2 aliphatic heterocycles. The molecule has 0 aliphatic carbocycles. The molecule has 0 bridgehead atoms. The van der Waals surface area contributed by atoms with Gasteiger partial charge < -0.3 is 9.47 Å². The van der Waals surface area contributed by atoms with Crippen LogP contribution in [0.4, 0.5) is 5.69 Å². The Balaban J connectivity index is 1.59. The van der Waals surface area contributed by atoms with E-state index in [0.717, 1.165) is 32.8 Å². The Bertz CT molecular complexity index is 1250. The molecule has 32 heavy (non-hydrogen) atoms. The third kappa shape index (κ3) is 3.59. The van der Waals surface area contributed by atoms with Gasteiger partial charge in [-0.2, -0.15) is 5.10 Å². The first kappa shape index (κ1) is 20.8. The Morgan fingerprint density at radius 1 is 1.19 bits per heavy atom. The summed E-state index contributed by atoms with van der Waals surface area (Å²) < 4.78 is 12.5. The van der Waals surface area contributed by atoms with E-state index in [9.17, 15) is 10.1 Å². The third-order valence-electron chi connectivity index (χ3n) is 5.63. The van der Waals surface area contributed by atoms with Crippen LogP contribution in [-0.4, -0.2) is 22.8 Å². The predicted octanol–water partition coefficient (Wildman–Crippen LogP) is 6.26. The summed E-state index contributed by atoms with van der Waals surface area (Å²) in [6, 6.07) is 18.2. The van der Waals surface area contributed by atoms with Crippen molar-refractivity contribution in [1.82, 2.24) is 5.01 Å². The van der Waals surface area contributed by atoms with Gasteiger partial charge in [0.25, 0.3) is 5.69 Å². The van der Waals surface area contributed by atoms with Gasteiger partial charge >= 0.3 is 0 Å². The molecule has 0 amide bonds. The number of hydrogen-bond acceptors (Lipinski definition) is 6. The Labute approximate surface area is 197 Å². The van der Waals surface area contributed by atoms with Gasteiger partial charge in [0.05, 0.1) is 23.8 Å². The van der Waals surface area contributed by atoms with Crippen LogP contribution < -0.4 is 9.47 Å². The molecule has 0 unspecified atom stereocenters. The van der Waals surface area contributed by atoms with Crippen molar-refractivity contribution in [2.24, 2.45) is 5.10 Å². The molecule has 0 aromatic heterocycles. The normalized spacial score (nSPS) is 19.0. The van der Waals surface area contributed by atoms with Crippen LogP contribution in [0.25, 0.3) is 0 Å². The summed E-state index contributed by atoms with van der Waals surface area (Å²) in [5.41, 5.74) is 3.34. The average Bonchev–Trinajstić information content (AvgIpc) is 3.25. The topological polar surface area (TPSA) is 77.2 Å². The lowest BCUT2D eigenvalue weighted by molar-refractivity contribution is -0.384. The zero-order valence-corrected chi connectivity index (χ0v) is 19.2. The number of benzene rings is 3. The van der Waals surface area contributed by atoms with Crippen molar-refractivity contribution in [3.8, 4) is 11.5 Å². The highest BCUT2D eigenvalue weighted by Gasteiger charge is 2.41. The van der Waals surface area contributed by atoms with E-state index in [0.29, 0.717) is 12.0 Å². The molecule has 0 saturated carbocycles. The van der Waals surface area contributed by atoms with Crippen molar-refractivity contribution in [2.75, 3.05) is 7.11 Å². The molecule has 0 fully saturated rings. The molecule has 0 spiro atoms. The van der Waals surface area contributed by atoms with Crippen LogP contribution in [-0.2, 0) is 0 Å². The molecule has 0 saturated heterocycles. The van der Waals surface area contributed by atoms with E-state index >= 15 is 0 Å². The van der Waals surface area contributed by atoms with Crippen molar-refractivity contribution in [3.63, 3.8) is 0 Å². The minimum atomic E-state index is -0.625. The van der Waals surface area contributed by atoms with E-state index in [1.54, 1.807) is 13.2 Å². The molecule has 7 nitrogen and oxygen atoms in total. The summed E-state index contributed by atoms with van der Waals surface area (Å²) in [4.78, 5) is 10.9. The fourth-order valence-electron chi connectivity index (χ4n) is 4.06. The molecule has 3 aromatic rings. The van der Waals surface area contributed by atoms with Gasteiger partial charge in [-0.05, 0) is 54.1 Å². The maximum absolute atomic E-state index is 11.4. The number of ether oxygens (including phenoxy) is 2. The fourth-order valence-corrected chi connectivity index (χ4v) is 4.62. The van der Waals surface area contributed by atoms with Crippen LogP contribution in [0, 0.1) is 10.1 Å². The first-order valence-electron chi connectivity index (χ1n) is 9.85. The summed E-state index contributed by atoms with van der Waals surface area (Å²) in [7, 11) is 1.63. The van der Waals surface area contributed by atoms with Gasteiger partial charge in [0.2, 0.25) is 6.23 Å². The van der Waals surface area contributed by atoms with E-state index in [2.05, 4.69) is 15.9 Å². The van der Waals surface area contributed by atoms with Gasteiger partial charge in [0.15, 0.2) is 0 Å². The molecule has 2 atom stereocenters. The van der Waals surface area contributed by atoms with Crippen molar-refractivity contribution >= 4 is 38.9 Å². The zero-order valence-electron chi connectivity index (χ0n) is 16.9. The van der Waals surface area contributed by atoms with Crippen LogP contribution in [0.1, 0.15) is 35.4 Å².